The summed E-state index contributed by atoms with van der Waals surface area (Å²) in [5.74, 6) is -0.559. The molecule has 1 fully saturated rings. The molecule has 3 rings (SSSR count). The quantitative estimate of drug-likeness (QED) is 0.905. The number of amides is 1. The van der Waals surface area contributed by atoms with Crippen LogP contribution in [-0.4, -0.2) is 33.4 Å². The fourth-order valence-corrected chi connectivity index (χ4v) is 3.33. The van der Waals surface area contributed by atoms with Gasteiger partial charge < -0.3 is 10.4 Å². The molecule has 1 aromatic heterocycles. The molecule has 1 saturated carbocycles. The minimum absolute atomic E-state index is 0.0497. The van der Waals surface area contributed by atoms with Crippen LogP contribution in [0.4, 0.5) is 4.39 Å². The molecule has 1 aromatic carbocycles. The van der Waals surface area contributed by atoms with E-state index in [1.807, 2.05) is 13.8 Å². The summed E-state index contributed by atoms with van der Waals surface area (Å²) in [6, 6.07) is 7.63. The summed E-state index contributed by atoms with van der Waals surface area (Å²) in [4.78, 5) is 12.5. The Morgan fingerprint density at radius 2 is 2.17 bits per heavy atom. The van der Waals surface area contributed by atoms with Crippen LogP contribution in [0.25, 0.3) is 5.69 Å². The lowest BCUT2D eigenvalue weighted by atomic mass is 9.86. The molecule has 0 saturated heterocycles. The first-order valence-electron chi connectivity index (χ1n) is 8.17. The Kier molecular flexibility index (Phi) is 4.41. The number of hydrogen-bond acceptors (Lipinski definition) is 3. The number of benzene rings is 1. The van der Waals surface area contributed by atoms with Gasteiger partial charge in [0.1, 0.15) is 5.82 Å². The van der Waals surface area contributed by atoms with E-state index in [-0.39, 0.29) is 29.8 Å². The average molecular weight is 331 g/mol. The maximum absolute atomic E-state index is 13.1. The van der Waals surface area contributed by atoms with Crippen molar-refractivity contribution >= 4 is 5.91 Å². The SMILES string of the molecule is Cc1cc(C(=O)NC2CCCC2(C)CO)nn1-c1ccc(F)cc1. The normalized spacial score (nSPS) is 23.4. The number of aromatic nitrogens is 2. The van der Waals surface area contributed by atoms with Crippen LogP contribution in [0.2, 0.25) is 0 Å². The molecular weight excluding hydrogens is 309 g/mol. The Hall–Kier alpha value is -2.21. The first-order valence-corrected chi connectivity index (χ1v) is 8.17. The average Bonchev–Trinajstić information content (AvgIpc) is 3.12. The summed E-state index contributed by atoms with van der Waals surface area (Å²) >= 11 is 0. The highest BCUT2D eigenvalue weighted by Gasteiger charge is 2.39. The largest absolute Gasteiger partial charge is 0.396 e. The topological polar surface area (TPSA) is 67.2 Å². The molecule has 2 aromatic rings. The molecule has 0 spiro atoms. The molecular formula is C18H22FN3O2. The van der Waals surface area contributed by atoms with Crippen molar-refractivity contribution in [3.63, 3.8) is 0 Å². The minimum atomic E-state index is -0.314. The summed E-state index contributed by atoms with van der Waals surface area (Å²) < 4.78 is 14.7. The zero-order valence-corrected chi connectivity index (χ0v) is 13.9. The third kappa shape index (κ3) is 3.06. The molecule has 24 heavy (non-hydrogen) atoms. The van der Waals surface area contributed by atoms with Gasteiger partial charge in [0, 0.05) is 17.2 Å². The lowest BCUT2D eigenvalue weighted by molar-refractivity contribution is 0.0825. The van der Waals surface area contributed by atoms with Crippen LogP contribution in [0.3, 0.4) is 0 Å². The van der Waals surface area contributed by atoms with Crippen molar-refractivity contribution < 1.29 is 14.3 Å². The summed E-state index contributed by atoms with van der Waals surface area (Å²) in [6.45, 7) is 3.90. The molecule has 1 aliphatic carbocycles. The molecule has 0 radical (unpaired) electrons. The second-order valence-corrected chi connectivity index (χ2v) is 6.79. The summed E-state index contributed by atoms with van der Waals surface area (Å²) in [5, 5.41) is 16.9. The molecule has 2 atom stereocenters. The molecule has 1 amide bonds. The van der Waals surface area contributed by atoms with E-state index < -0.39 is 0 Å². The minimum Gasteiger partial charge on any atom is -0.396 e. The van der Waals surface area contributed by atoms with Crippen LogP contribution in [0, 0.1) is 18.2 Å². The summed E-state index contributed by atoms with van der Waals surface area (Å²) in [6.07, 6.45) is 2.75. The monoisotopic (exact) mass is 331 g/mol. The van der Waals surface area contributed by atoms with E-state index in [1.54, 1.807) is 22.9 Å². The van der Waals surface area contributed by atoms with Crippen LogP contribution in [0.15, 0.2) is 30.3 Å². The molecule has 1 aliphatic rings. The number of nitrogens with one attached hydrogen (secondary N) is 1. The number of nitrogens with zero attached hydrogens (tertiary/aromatic N) is 2. The molecule has 0 bridgehead atoms. The van der Waals surface area contributed by atoms with Crippen LogP contribution < -0.4 is 5.32 Å². The van der Waals surface area contributed by atoms with Gasteiger partial charge in [0.15, 0.2) is 5.69 Å². The van der Waals surface area contributed by atoms with E-state index in [0.717, 1.165) is 25.0 Å². The third-order valence-corrected chi connectivity index (χ3v) is 4.94. The van der Waals surface area contributed by atoms with Crippen molar-refractivity contribution in [2.75, 3.05) is 6.61 Å². The van der Waals surface area contributed by atoms with E-state index in [2.05, 4.69) is 10.4 Å². The van der Waals surface area contributed by atoms with Crippen molar-refractivity contribution in [1.82, 2.24) is 15.1 Å². The van der Waals surface area contributed by atoms with Gasteiger partial charge in [-0.1, -0.05) is 13.3 Å². The second-order valence-electron chi connectivity index (χ2n) is 6.79. The van der Waals surface area contributed by atoms with Crippen molar-refractivity contribution in [1.29, 1.82) is 0 Å². The van der Waals surface area contributed by atoms with Gasteiger partial charge in [0.2, 0.25) is 0 Å². The number of hydrogen-bond donors (Lipinski definition) is 2. The van der Waals surface area contributed by atoms with E-state index in [0.29, 0.717) is 11.4 Å². The Morgan fingerprint density at radius 3 is 2.83 bits per heavy atom. The van der Waals surface area contributed by atoms with Gasteiger partial charge in [0.25, 0.3) is 5.91 Å². The number of aliphatic hydroxyl groups excluding tert-OH is 1. The van der Waals surface area contributed by atoms with Gasteiger partial charge in [0.05, 0.1) is 12.3 Å². The van der Waals surface area contributed by atoms with Gasteiger partial charge in [-0.05, 0) is 50.1 Å². The Bertz CT molecular complexity index is 741. The predicted molar refractivity (Wildman–Crippen MR) is 88.6 cm³/mol. The number of aryl methyl sites for hydroxylation is 1. The molecule has 128 valence electrons. The number of carbonyl (C=O) groups is 1. The maximum atomic E-state index is 13.1. The Morgan fingerprint density at radius 1 is 1.46 bits per heavy atom. The van der Waals surface area contributed by atoms with Crippen molar-refractivity contribution in [3.05, 3.63) is 47.5 Å². The Labute approximate surface area is 140 Å². The van der Waals surface area contributed by atoms with Gasteiger partial charge in [-0.2, -0.15) is 5.10 Å². The smallest absolute Gasteiger partial charge is 0.272 e. The molecule has 1 heterocycles. The zero-order chi connectivity index (χ0) is 17.3. The van der Waals surface area contributed by atoms with Crippen LogP contribution in [0.1, 0.15) is 42.4 Å². The maximum Gasteiger partial charge on any atom is 0.272 e. The summed E-state index contributed by atoms with van der Waals surface area (Å²) in [7, 11) is 0. The highest BCUT2D eigenvalue weighted by atomic mass is 19.1. The van der Waals surface area contributed by atoms with Crippen molar-refractivity contribution in [2.24, 2.45) is 5.41 Å². The molecule has 5 nitrogen and oxygen atoms in total. The van der Waals surface area contributed by atoms with Gasteiger partial charge in [-0.25, -0.2) is 9.07 Å². The summed E-state index contributed by atoms with van der Waals surface area (Å²) in [5.41, 5.74) is 1.55. The lowest BCUT2D eigenvalue weighted by Gasteiger charge is -2.29. The predicted octanol–water partition coefficient (Wildman–Crippen LogP) is 2.60. The molecule has 2 unspecified atom stereocenters. The first kappa shape index (κ1) is 16.6. The highest BCUT2D eigenvalue weighted by molar-refractivity contribution is 5.92. The zero-order valence-electron chi connectivity index (χ0n) is 13.9. The molecule has 0 aliphatic heterocycles. The van der Waals surface area contributed by atoms with E-state index in [9.17, 15) is 14.3 Å². The van der Waals surface area contributed by atoms with E-state index >= 15 is 0 Å². The van der Waals surface area contributed by atoms with E-state index in [1.165, 1.54) is 12.1 Å². The fourth-order valence-electron chi connectivity index (χ4n) is 3.33. The van der Waals surface area contributed by atoms with Gasteiger partial charge in [-0.3, -0.25) is 4.79 Å². The van der Waals surface area contributed by atoms with Crippen molar-refractivity contribution in [2.45, 2.75) is 39.2 Å². The van der Waals surface area contributed by atoms with Crippen LogP contribution in [0.5, 0.6) is 0 Å². The number of carbonyl (C=O) groups excluding carboxylic acids is 1. The molecule has 2 N–H and O–H groups in total. The number of aliphatic hydroxyl groups is 1. The van der Waals surface area contributed by atoms with Crippen LogP contribution >= 0.6 is 0 Å². The third-order valence-electron chi connectivity index (χ3n) is 4.94. The van der Waals surface area contributed by atoms with Crippen LogP contribution in [-0.2, 0) is 0 Å². The highest BCUT2D eigenvalue weighted by Crippen LogP contribution is 2.37. The number of rotatable bonds is 4. The van der Waals surface area contributed by atoms with Crippen molar-refractivity contribution in [3.8, 4) is 5.69 Å². The van der Waals surface area contributed by atoms with Gasteiger partial charge in [-0.15, -0.1) is 0 Å². The molecule has 6 heteroatoms. The fraction of sp³-hybridized carbons (Fsp3) is 0.444. The first-order chi connectivity index (χ1) is 11.4. The number of halogens is 1. The van der Waals surface area contributed by atoms with E-state index in [4.69, 9.17) is 0 Å². The Balaban J connectivity index is 1.79. The second kappa shape index (κ2) is 6.36. The standard InChI is InChI=1S/C18H22FN3O2/c1-12-10-15(21-22(12)14-7-5-13(19)6-8-14)17(24)20-16-4-3-9-18(16,2)11-23/h5-8,10,16,23H,3-4,9,11H2,1-2H3,(H,20,24). The van der Waals surface area contributed by atoms with Gasteiger partial charge >= 0.3 is 0 Å². The lowest BCUT2D eigenvalue weighted by Crippen LogP contribution is -2.44.